The Morgan fingerprint density at radius 2 is 2.00 bits per heavy atom. The standard InChI is InChI=1S/C18H27BrN2/c1-13(2)18-12-20-9-5-4-6-16(20)11-21(18)15-7-8-17(19)14(3)10-15/h7-8,10,13,16,18H,4-6,9,11-12H2,1-3H3. The van der Waals surface area contributed by atoms with Crippen LogP contribution in [0.25, 0.3) is 0 Å². The minimum atomic E-state index is 0.639. The van der Waals surface area contributed by atoms with Crippen LogP contribution in [0.5, 0.6) is 0 Å². The van der Waals surface area contributed by atoms with E-state index in [1.165, 1.54) is 54.6 Å². The molecule has 2 atom stereocenters. The molecule has 1 aromatic rings. The molecule has 2 saturated heterocycles. The summed E-state index contributed by atoms with van der Waals surface area (Å²) in [5, 5.41) is 0. The van der Waals surface area contributed by atoms with Crippen molar-refractivity contribution >= 4 is 21.6 Å². The number of nitrogens with zero attached hydrogens (tertiary/aromatic N) is 2. The van der Waals surface area contributed by atoms with Crippen molar-refractivity contribution in [2.75, 3.05) is 24.5 Å². The summed E-state index contributed by atoms with van der Waals surface area (Å²) in [5.41, 5.74) is 2.74. The molecule has 2 heterocycles. The van der Waals surface area contributed by atoms with Crippen molar-refractivity contribution in [2.45, 2.75) is 52.1 Å². The van der Waals surface area contributed by atoms with Gasteiger partial charge in [-0.15, -0.1) is 0 Å². The molecule has 0 spiro atoms. The van der Waals surface area contributed by atoms with Gasteiger partial charge < -0.3 is 4.90 Å². The Morgan fingerprint density at radius 3 is 2.71 bits per heavy atom. The first-order valence-electron chi connectivity index (χ1n) is 8.33. The van der Waals surface area contributed by atoms with Gasteiger partial charge in [-0.05, 0) is 56.0 Å². The summed E-state index contributed by atoms with van der Waals surface area (Å²) >= 11 is 3.63. The molecule has 3 rings (SSSR count). The Bertz CT molecular complexity index is 500. The number of anilines is 1. The summed E-state index contributed by atoms with van der Waals surface area (Å²) in [7, 11) is 0. The van der Waals surface area contributed by atoms with E-state index in [-0.39, 0.29) is 0 Å². The van der Waals surface area contributed by atoms with Crippen LogP contribution in [0, 0.1) is 12.8 Å². The number of fused-ring (bicyclic) bond motifs is 1. The molecular formula is C18H27BrN2. The molecule has 0 amide bonds. The van der Waals surface area contributed by atoms with E-state index in [2.05, 4.69) is 64.7 Å². The van der Waals surface area contributed by atoms with E-state index in [0.29, 0.717) is 12.0 Å². The van der Waals surface area contributed by atoms with Crippen LogP contribution in [0.1, 0.15) is 38.7 Å². The molecule has 0 radical (unpaired) electrons. The number of aryl methyl sites for hydroxylation is 1. The fourth-order valence-electron chi connectivity index (χ4n) is 3.88. The first-order valence-corrected chi connectivity index (χ1v) is 9.12. The van der Waals surface area contributed by atoms with Crippen molar-refractivity contribution in [2.24, 2.45) is 5.92 Å². The Hall–Kier alpha value is -0.540. The fourth-order valence-corrected chi connectivity index (χ4v) is 4.13. The van der Waals surface area contributed by atoms with Gasteiger partial charge in [0.1, 0.15) is 0 Å². The zero-order valence-corrected chi connectivity index (χ0v) is 15.1. The lowest BCUT2D eigenvalue weighted by atomic mass is 9.91. The second kappa shape index (κ2) is 6.29. The molecule has 3 heteroatoms. The average Bonchev–Trinajstić information content (AvgIpc) is 2.48. The van der Waals surface area contributed by atoms with Gasteiger partial charge in [0, 0.05) is 35.3 Å². The van der Waals surface area contributed by atoms with E-state index < -0.39 is 0 Å². The van der Waals surface area contributed by atoms with Gasteiger partial charge in [0.25, 0.3) is 0 Å². The molecule has 0 aromatic heterocycles. The third-order valence-electron chi connectivity index (χ3n) is 5.22. The van der Waals surface area contributed by atoms with Crippen LogP contribution < -0.4 is 4.90 Å². The molecule has 2 fully saturated rings. The molecule has 2 aliphatic heterocycles. The smallest absolute Gasteiger partial charge is 0.0440 e. The largest absolute Gasteiger partial charge is 0.365 e. The van der Waals surface area contributed by atoms with Crippen LogP contribution in [-0.2, 0) is 0 Å². The van der Waals surface area contributed by atoms with Crippen LogP contribution in [0.15, 0.2) is 22.7 Å². The lowest BCUT2D eigenvalue weighted by Gasteiger charge is -2.51. The summed E-state index contributed by atoms with van der Waals surface area (Å²) < 4.78 is 1.21. The van der Waals surface area contributed by atoms with Crippen molar-refractivity contribution in [1.82, 2.24) is 4.90 Å². The quantitative estimate of drug-likeness (QED) is 0.776. The first kappa shape index (κ1) is 15.4. The highest BCUT2D eigenvalue weighted by atomic mass is 79.9. The number of benzene rings is 1. The van der Waals surface area contributed by atoms with Crippen molar-refractivity contribution in [3.8, 4) is 0 Å². The van der Waals surface area contributed by atoms with E-state index in [1.807, 2.05) is 0 Å². The second-order valence-corrected chi connectivity index (χ2v) is 7.90. The highest BCUT2D eigenvalue weighted by molar-refractivity contribution is 9.10. The Kier molecular flexibility index (Phi) is 4.60. The molecule has 0 saturated carbocycles. The van der Waals surface area contributed by atoms with Crippen LogP contribution in [-0.4, -0.2) is 36.6 Å². The summed E-state index contributed by atoms with van der Waals surface area (Å²) in [5.74, 6) is 0.692. The Labute approximate surface area is 137 Å². The lowest BCUT2D eigenvalue weighted by molar-refractivity contribution is 0.100. The Morgan fingerprint density at radius 1 is 1.19 bits per heavy atom. The maximum atomic E-state index is 3.63. The van der Waals surface area contributed by atoms with Gasteiger partial charge in [-0.2, -0.15) is 0 Å². The highest BCUT2D eigenvalue weighted by Gasteiger charge is 2.36. The number of hydrogen-bond donors (Lipinski definition) is 0. The van der Waals surface area contributed by atoms with Crippen LogP contribution in [0.4, 0.5) is 5.69 Å². The molecule has 116 valence electrons. The maximum absolute atomic E-state index is 3.63. The third kappa shape index (κ3) is 3.14. The minimum Gasteiger partial charge on any atom is -0.365 e. The van der Waals surface area contributed by atoms with Crippen molar-refractivity contribution < 1.29 is 0 Å². The number of halogens is 1. The average molecular weight is 351 g/mol. The van der Waals surface area contributed by atoms with E-state index >= 15 is 0 Å². The summed E-state index contributed by atoms with van der Waals surface area (Å²) in [6.07, 6.45) is 4.16. The Balaban J connectivity index is 1.88. The summed E-state index contributed by atoms with van der Waals surface area (Å²) in [6, 6.07) is 8.23. The molecule has 1 aromatic carbocycles. The van der Waals surface area contributed by atoms with Crippen LogP contribution >= 0.6 is 15.9 Å². The molecule has 21 heavy (non-hydrogen) atoms. The van der Waals surface area contributed by atoms with Gasteiger partial charge in [-0.25, -0.2) is 0 Å². The van der Waals surface area contributed by atoms with Gasteiger partial charge in [0.15, 0.2) is 0 Å². The van der Waals surface area contributed by atoms with Gasteiger partial charge >= 0.3 is 0 Å². The maximum Gasteiger partial charge on any atom is 0.0440 e. The number of hydrogen-bond acceptors (Lipinski definition) is 2. The SMILES string of the molecule is Cc1cc(N2CC3CCCCN3CC2C(C)C)ccc1Br. The fraction of sp³-hybridized carbons (Fsp3) is 0.667. The molecule has 2 unspecified atom stereocenters. The second-order valence-electron chi connectivity index (χ2n) is 7.04. The summed E-state index contributed by atoms with van der Waals surface area (Å²) in [6.45, 7) is 10.7. The van der Waals surface area contributed by atoms with Gasteiger partial charge in [-0.3, -0.25) is 4.90 Å². The van der Waals surface area contributed by atoms with Gasteiger partial charge in [0.2, 0.25) is 0 Å². The molecular weight excluding hydrogens is 324 g/mol. The molecule has 2 aliphatic rings. The molecule has 0 bridgehead atoms. The number of piperazine rings is 1. The molecule has 2 nitrogen and oxygen atoms in total. The molecule has 0 aliphatic carbocycles. The van der Waals surface area contributed by atoms with E-state index in [0.717, 1.165) is 6.04 Å². The van der Waals surface area contributed by atoms with E-state index in [9.17, 15) is 0 Å². The first-order chi connectivity index (χ1) is 10.1. The van der Waals surface area contributed by atoms with Crippen molar-refractivity contribution in [1.29, 1.82) is 0 Å². The van der Waals surface area contributed by atoms with Crippen molar-refractivity contribution in [3.05, 3.63) is 28.2 Å². The van der Waals surface area contributed by atoms with Crippen LogP contribution in [0.2, 0.25) is 0 Å². The van der Waals surface area contributed by atoms with Gasteiger partial charge in [0.05, 0.1) is 0 Å². The normalized spacial score (nSPS) is 27.0. The summed E-state index contributed by atoms with van der Waals surface area (Å²) in [4.78, 5) is 5.42. The van der Waals surface area contributed by atoms with E-state index in [1.54, 1.807) is 0 Å². The predicted octanol–water partition coefficient (Wildman–Crippen LogP) is 4.46. The van der Waals surface area contributed by atoms with E-state index in [4.69, 9.17) is 0 Å². The predicted molar refractivity (Wildman–Crippen MR) is 94.1 cm³/mol. The third-order valence-corrected chi connectivity index (χ3v) is 6.11. The number of piperidine rings is 1. The van der Waals surface area contributed by atoms with Crippen molar-refractivity contribution in [3.63, 3.8) is 0 Å². The monoisotopic (exact) mass is 350 g/mol. The topological polar surface area (TPSA) is 6.48 Å². The zero-order valence-electron chi connectivity index (χ0n) is 13.5. The lowest BCUT2D eigenvalue weighted by Crippen LogP contribution is -2.61. The highest BCUT2D eigenvalue weighted by Crippen LogP contribution is 2.32. The van der Waals surface area contributed by atoms with Crippen LogP contribution in [0.3, 0.4) is 0 Å². The number of rotatable bonds is 2. The molecule has 0 N–H and O–H groups in total. The van der Waals surface area contributed by atoms with Gasteiger partial charge in [-0.1, -0.05) is 36.2 Å². The minimum absolute atomic E-state index is 0.639. The zero-order chi connectivity index (χ0) is 15.0.